The Hall–Kier alpha value is -1.28. The Balaban J connectivity index is 2.55. The van der Waals surface area contributed by atoms with E-state index in [2.05, 4.69) is 0 Å². The molecule has 0 saturated carbocycles. The molecule has 0 aliphatic heterocycles. The standard InChI is InChI=1S/C12H11ClO2/c1-7-4-10-8(6-12(14)15)2-3-9(10)11(13)5-7/h4-6H,2-3H2,1H3,(H,14,15)/b8-6-. The van der Waals surface area contributed by atoms with E-state index in [-0.39, 0.29) is 0 Å². The van der Waals surface area contributed by atoms with E-state index in [4.69, 9.17) is 16.7 Å². The lowest BCUT2D eigenvalue weighted by molar-refractivity contribution is -0.131. The number of rotatable bonds is 1. The first-order chi connectivity index (χ1) is 7.08. The molecule has 1 N–H and O–H groups in total. The lowest BCUT2D eigenvalue weighted by atomic mass is 10.0. The van der Waals surface area contributed by atoms with Crippen molar-refractivity contribution in [2.45, 2.75) is 19.8 Å². The molecule has 2 nitrogen and oxygen atoms in total. The average Bonchev–Trinajstić information content (AvgIpc) is 2.48. The third-order valence-electron chi connectivity index (χ3n) is 2.63. The van der Waals surface area contributed by atoms with Crippen molar-refractivity contribution in [3.05, 3.63) is 39.9 Å². The normalized spacial score (nSPS) is 16.8. The summed E-state index contributed by atoms with van der Waals surface area (Å²) in [7, 11) is 0. The van der Waals surface area contributed by atoms with E-state index < -0.39 is 5.97 Å². The zero-order valence-electron chi connectivity index (χ0n) is 8.38. The van der Waals surface area contributed by atoms with Crippen LogP contribution in [0, 0.1) is 6.92 Å². The highest BCUT2D eigenvalue weighted by Gasteiger charge is 2.19. The van der Waals surface area contributed by atoms with Gasteiger partial charge in [-0.15, -0.1) is 0 Å². The molecule has 0 aromatic heterocycles. The van der Waals surface area contributed by atoms with Crippen molar-refractivity contribution in [3.8, 4) is 0 Å². The largest absolute Gasteiger partial charge is 0.478 e. The van der Waals surface area contributed by atoms with Crippen LogP contribution in [0.25, 0.3) is 5.57 Å². The lowest BCUT2D eigenvalue weighted by Crippen LogP contribution is -1.90. The molecule has 1 aromatic carbocycles. The fourth-order valence-electron chi connectivity index (χ4n) is 2.01. The summed E-state index contributed by atoms with van der Waals surface area (Å²) in [5.41, 5.74) is 4.03. The molecule has 0 atom stereocenters. The zero-order chi connectivity index (χ0) is 11.0. The molecule has 0 spiro atoms. The van der Waals surface area contributed by atoms with Gasteiger partial charge < -0.3 is 5.11 Å². The molecule has 0 bridgehead atoms. The zero-order valence-corrected chi connectivity index (χ0v) is 9.14. The third-order valence-corrected chi connectivity index (χ3v) is 2.97. The number of hydrogen-bond donors (Lipinski definition) is 1. The SMILES string of the molecule is Cc1cc(Cl)c2c(c1)/C(=C\C(=O)O)CC2. The average molecular weight is 223 g/mol. The number of carbonyl (C=O) groups is 1. The molecule has 15 heavy (non-hydrogen) atoms. The van der Waals surface area contributed by atoms with E-state index in [9.17, 15) is 4.79 Å². The van der Waals surface area contributed by atoms with E-state index >= 15 is 0 Å². The van der Waals surface area contributed by atoms with E-state index in [1.165, 1.54) is 6.08 Å². The summed E-state index contributed by atoms with van der Waals surface area (Å²) >= 11 is 6.10. The predicted molar refractivity (Wildman–Crippen MR) is 60.1 cm³/mol. The summed E-state index contributed by atoms with van der Waals surface area (Å²) in [5, 5.41) is 9.48. The van der Waals surface area contributed by atoms with Gasteiger partial charge >= 0.3 is 5.97 Å². The van der Waals surface area contributed by atoms with Crippen LogP contribution >= 0.6 is 11.6 Å². The Morgan fingerprint density at radius 3 is 2.87 bits per heavy atom. The molecule has 3 heteroatoms. The van der Waals surface area contributed by atoms with E-state index in [0.717, 1.165) is 40.1 Å². The Bertz CT molecular complexity index is 461. The second-order valence-electron chi connectivity index (χ2n) is 3.78. The van der Waals surface area contributed by atoms with Crippen molar-refractivity contribution < 1.29 is 9.90 Å². The van der Waals surface area contributed by atoms with Crippen LogP contribution in [0.3, 0.4) is 0 Å². The topological polar surface area (TPSA) is 37.3 Å². The Labute approximate surface area is 93.2 Å². The Morgan fingerprint density at radius 2 is 2.20 bits per heavy atom. The minimum Gasteiger partial charge on any atom is -0.478 e. The summed E-state index contributed by atoms with van der Waals surface area (Å²) < 4.78 is 0. The van der Waals surface area contributed by atoms with E-state index in [0.29, 0.717) is 0 Å². The monoisotopic (exact) mass is 222 g/mol. The minimum absolute atomic E-state index is 0.749. The van der Waals surface area contributed by atoms with Gasteiger partial charge in [-0.3, -0.25) is 0 Å². The number of benzene rings is 1. The molecule has 0 fully saturated rings. The molecule has 2 rings (SSSR count). The minimum atomic E-state index is -0.893. The van der Waals surface area contributed by atoms with Crippen LogP contribution in [-0.2, 0) is 11.2 Å². The molecule has 0 amide bonds. The number of fused-ring (bicyclic) bond motifs is 1. The van der Waals surface area contributed by atoms with Crippen LogP contribution in [0.4, 0.5) is 0 Å². The first-order valence-corrected chi connectivity index (χ1v) is 5.18. The van der Waals surface area contributed by atoms with E-state index in [1.54, 1.807) is 0 Å². The van der Waals surface area contributed by atoms with Gasteiger partial charge in [0.2, 0.25) is 0 Å². The maximum Gasteiger partial charge on any atom is 0.328 e. The number of aliphatic carboxylic acids is 1. The fourth-order valence-corrected chi connectivity index (χ4v) is 2.37. The molecule has 1 aromatic rings. The van der Waals surface area contributed by atoms with E-state index in [1.807, 2.05) is 19.1 Å². The van der Waals surface area contributed by atoms with Gasteiger partial charge in [0.1, 0.15) is 0 Å². The summed E-state index contributed by atoms with van der Waals surface area (Å²) in [6.07, 6.45) is 2.89. The predicted octanol–water partition coefficient (Wildman–Crippen LogP) is 3.06. The molecule has 78 valence electrons. The Morgan fingerprint density at radius 1 is 1.47 bits per heavy atom. The summed E-state index contributed by atoms with van der Waals surface area (Å²) in [4.78, 5) is 10.6. The van der Waals surface area contributed by atoms with Crippen LogP contribution < -0.4 is 0 Å². The number of carboxylic acid groups (broad SMARTS) is 1. The first kappa shape index (κ1) is 10.2. The molecule has 1 aliphatic rings. The van der Waals surface area contributed by atoms with Crippen LogP contribution in [0.15, 0.2) is 18.2 Å². The van der Waals surface area contributed by atoms with Gasteiger partial charge in [-0.2, -0.15) is 0 Å². The van der Waals surface area contributed by atoms with Gasteiger partial charge in [0, 0.05) is 11.1 Å². The molecule has 0 unspecified atom stereocenters. The fraction of sp³-hybridized carbons (Fsp3) is 0.250. The molecule has 1 aliphatic carbocycles. The lowest BCUT2D eigenvalue weighted by Gasteiger charge is -2.04. The van der Waals surface area contributed by atoms with Crippen molar-refractivity contribution in [2.24, 2.45) is 0 Å². The van der Waals surface area contributed by atoms with Gasteiger partial charge in [-0.1, -0.05) is 17.7 Å². The van der Waals surface area contributed by atoms with Crippen LogP contribution in [0.5, 0.6) is 0 Å². The van der Waals surface area contributed by atoms with Gasteiger partial charge in [-0.05, 0) is 48.1 Å². The highest BCUT2D eigenvalue weighted by Crippen LogP contribution is 2.37. The van der Waals surface area contributed by atoms with Crippen molar-refractivity contribution in [2.75, 3.05) is 0 Å². The van der Waals surface area contributed by atoms with Gasteiger partial charge in [0.25, 0.3) is 0 Å². The van der Waals surface area contributed by atoms with Crippen LogP contribution in [0.2, 0.25) is 5.02 Å². The van der Waals surface area contributed by atoms with Crippen LogP contribution in [0.1, 0.15) is 23.1 Å². The number of aryl methyl sites for hydroxylation is 1. The number of halogens is 1. The quantitative estimate of drug-likeness (QED) is 0.742. The summed E-state index contributed by atoms with van der Waals surface area (Å²) in [6.45, 7) is 1.96. The summed E-state index contributed by atoms with van der Waals surface area (Å²) in [5.74, 6) is -0.893. The van der Waals surface area contributed by atoms with Gasteiger partial charge in [0.05, 0.1) is 0 Å². The highest BCUT2D eigenvalue weighted by molar-refractivity contribution is 6.31. The first-order valence-electron chi connectivity index (χ1n) is 4.81. The number of hydrogen-bond acceptors (Lipinski definition) is 1. The Kier molecular flexibility index (Phi) is 2.53. The molecular weight excluding hydrogens is 212 g/mol. The summed E-state index contributed by atoms with van der Waals surface area (Å²) in [6, 6.07) is 3.92. The van der Waals surface area contributed by atoms with Crippen molar-refractivity contribution in [3.63, 3.8) is 0 Å². The van der Waals surface area contributed by atoms with Gasteiger partial charge in [0.15, 0.2) is 0 Å². The molecular formula is C12H11ClO2. The third kappa shape index (κ3) is 1.90. The maximum atomic E-state index is 10.6. The second kappa shape index (κ2) is 3.70. The number of carboxylic acids is 1. The van der Waals surface area contributed by atoms with Crippen molar-refractivity contribution in [1.82, 2.24) is 0 Å². The molecule has 0 heterocycles. The smallest absolute Gasteiger partial charge is 0.328 e. The molecule has 0 radical (unpaired) electrons. The van der Waals surface area contributed by atoms with Gasteiger partial charge in [-0.25, -0.2) is 4.79 Å². The maximum absolute atomic E-state index is 10.6. The molecule has 0 saturated heterocycles. The highest BCUT2D eigenvalue weighted by atomic mass is 35.5. The second-order valence-corrected chi connectivity index (χ2v) is 4.19. The van der Waals surface area contributed by atoms with Crippen molar-refractivity contribution in [1.29, 1.82) is 0 Å². The van der Waals surface area contributed by atoms with Crippen LogP contribution in [-0.4, -0.2) is 11.1 Å². The number of allylic oxidation sites excluding steroid dienone is 1. The van der Waals surface area contributed by atoms with Crippen molar-refractivity contribution >= 4 is 23.1 Å².